The molecule has 0 radical (unpaired) electrons. The fourth-order valence-electron chi connectivity index (χ4n) is 3.65. The van der Waals surface area contributed by atoms with E-state index >= 15 is 0 Å². The molecular formula is C20H23N3O4. The molecule has 1 N–H and O–H groups in total. The first-order valence-corrected chi connectivity index (χ1v) is 9.17. The molecule has 7 nitrogen and oxygen atoms in total. The van der Waals surface area contributed by atoms with Gasteiger partial charge in [0.1, 0.15) is 0 Å². The number of rotatable bonds is 2. The molecule has 0 atom stereocenters. The highest BCUT2D eigenvalue weighted by atomic mass is 16.7. The summed E-state index contributed by atoms with van der Waals surface area (Å²) in [6.45, 7) is 6.35. The predicted octanol–water partition coefficient (Wildman–Crippen LogP) is 2.35. The maximum absolute atomic E-state index is 12.9. The first-order chi connectivity index (χ1) is 13.0. The van der Waals surface area contributed by atoms with Gasteiger partial charge in [-0.25, -0.2) is 0 Å². The van der Waals surface area contributed by atoms with Crippen LogP contribution in [0.25, 0.3) is 0 Å². The zero-order chi connectivity index (χ0) is 19.0. The number of carbonyl (C=O) groups excluding carboxylic acids is 2. The molecule has 3 heterocycles. The van der Waals surface area contributed by atoms with Crippen molar-refractivity contribution in [2.24, 2.45) is 0 Å². The van der Waals surface area contributed by atoms with E-state index in [4.69, 9.17) is 9.47 Å². The third-order valence-electron chi connectivity index (χ3n) is 5.07. The van der Waals surface area contributed by atoms with Crippen LogP contribution in [0.4, 0.5) is 0 Å². The van der Waals surface area contributed by atoms with Gasteiger partial charge in [0.05, 0.1) is 5.56 Å². The van der Waals surface area contributed by atoms with Gasteiger partial charge in [0.2, 0.25) is 6.79 Å². The van der Waals surface area contributed by atoms with Gasteiger partial charge < -0.3 is 24.3 Å². The summed E-state index contributed by atoms with van der Waals surface area (Å²) in [6.07, 6.45) is 0.754. The number of nitrogens with zero attached hydrogens (tertiary/aromatic N) is 2. The minimum atomic E-state index is -0.0451. The zero-order valence-corrected chi connectivity index (χ0v) is 15.6. The maximum atomic E-state index is 12.9. The van der Waals surface area contributed by atoms with Gasteiger partial charge in [-0.15, -0.1) is 0 Å². The summed E-state index contributed by atoms with van der Waals surface area (Å²) in [5, 5.41) is 0. The molecule has 0 aliphatic carbocycles. The Morgan fingerprint density at radius 2 is 1.63 bits per heavy atom. The fraction of sp³-hybridized carbons (Fsp3) is 0.400. The van der Waals surface area contributed by atoms with Crippen LogP contribution in [0.3, 0.4) is 0 Å². The Labute approximate surface area is 157 Å². The molecule has 0 unspecified atom stereocenters. The molecule has 1 fully saturated rings. The number of hydrogen-bond acceptors (Lipinski definition) is 4. The summed E-state index contributed by atoms with van der Waals surface area (Å²) in [5.41, 5.74) is 3.15. The van der Waals surface area contributed by atoms with Crippen molar-refractivity contribution in [2.75, 3.05) is 33.0 Å². The number of benzene rings is 1. The number of carbonyl (C=O) groups is 2. The zero-order valence-electron chi connectivity index (χ0n) is 15.6. The van der Waals surface area contributed by atoms with E-state index in [2.05, 4.69) is 4.98 Å². The van der Waals surface area contributed by atoms with Gasteiger partial charge in [-0.05, 0) is 44.5 Å². The lowest BCUT2D eigenvalue weighted by Crippen LogP contribution is -2.37. The van der Waals surface area contributed by atoms with E-state index in [-0.39, 0.29) is 18.6 Å². The third-order valence-corrected chi connectivity index (χ3v) is 5.07. The molecule has 0 bridgehead atoms. The lowest BCUT2D eigenvalue weighted by molar-refractivity contribution is 0.0718. The smallest absolute Gasteiger partial charge is 0.255 e. The predicted molar refractivity (Wildman–Crippen MR) is 99.3 cm³/mol. The minimum Gasteiger partial charge on any atom is -0.454 e. The van der Waals surface area contributed by atoms with Crippen LogP contribution in [0.15, 0.2) is 24.3 Å². The molecule has 142 valence electrons. The van der Waals surface area contributed by atoms with Crippen molar-refractivity contribution < 1.29 is 19.1 Å². The number of fused-ring (bicyclic) bond motifs is 1. The average Bonchev–Trinajstić information content (AvgIpc) is 3.17. The minimum absolute atomic E-state index is 0.0224. The van der Waals surface area contributed by atoms with E-state index in [1.807, 2.05) is 24.8 Å². The van der Waals surface area contributed by atoms with Gasteiger partial charge in [-0.2, -0.15) is 0 Å². The molecule has 1 aromatic carbocycles. The summed E-state index contributed by atoms with van der Waals surface area (Å²) in [7, 11) is 0. The molecule has 7 heteroatoms. The number of nitrogens with one attached hydrogen (secondary N) is 1. The van der Waals surface area contributed by atoms with Gasteiger partial charge in [0, 0.05) is 43.1 Å². The molecule has 0 saturated carbocycles. The quantitative estimate of drug-likeness (QED) is 0.882. The Morgan fingerprint density at radius 1 is 0.926 bits per heavy atom. The molecule has 4 rings (SSSR count). The van der Waals surface area contributed by atoms with Crippen LogP contribution < -0.4 is 9.47 Å². The molecule has 0 spiro atoms. The number of aromatic amines is 1. The Balaban J connectivity index is 1.44. The summed E-state index contributed by atoms with van der Waals surface area (Å²) >= 11 is 0. The molecule has 1 saturated heterocycles. The third kappa shape index (κ3) is 3.37. The first-order valence-electron chi connectivity index (χ1n) is 9.17. The van der Waals surface area contributed by atoms with Crippen molar-refractivity contribution in [3.63, 3.8) is 0 Å². The number of aryl methyl sites for hydroxylation is 2. The average molecular weight is 369 g/mol. The number of aromatic nitrogens is 1. The molecule has 2 amide bonds. The van der Waals surface area contributed by atoms with E-state index < -0.39 is 0 Å². The van der Waals surface area contributed by atoms with Gasteiger partial charge in [-0.1, -0.05) is 0 Å². The van der Waals surface area contributed by atoms with Crippen LogP contribution >= 0.6 is 0 Å². The van der Waals surface area contributed by atoms with Crippen LogP contribution in [0.1, 0.15) is 38.5 Å². The number of ether oxygens (including phenoxy) is 2. The summed E-state index contributed by atoms with van der Waals surface area (Å²) < 4.78 is 10.7. The van der Waals surface area contributed by atoms with Crippen LogP contribution in [0.2, 0.25) is 0 Å². The van der Waals surface area contributed by atoms with Crippen molar-refractivity contribution in [1.29, 1.82) is 0 Å². The lowest BCUT2D eigenvalue weighted by Gasteiger charge is -2.22. The standard InChI is InChI=1S/C20H23N3O4/c1-13-10-16(14(2)21-13)20(25)23-7-3-6-22(8-9-23)19(24)15-4-5-17-18(11-15)27-12-26-17/h4-5,10-11,21H,3,6-9,12H2,1-2H3. The Bertz CT molecular complexity index is 889. The van der Waals surface area contributed by atoms with Gasteiger partial charge in [-0.3, -0.25) is 9.59 Å². The Hall–Kier alpha value is -2.96. The monoisotopic (exact) mass is 369 g/mol. The summed E-state index contributed by atoms with van der Waals surface area (Å²) in [4.78, 5) is 32.5. The van der Waals surface area contributed by atoms with Crippen molar-refractivity contribution >= 4 is 11.8 Å². The van der Waals surface area contributed by atoms with Crippen molar-refractivity contribution in [3.05, 3.63) is 46.8 Å². The normalized spacial score (nSPS) is 16.4. The molecule has 27 heavy (non-hydrogen) atoms. The van der Waals surface area contributed by atoms with Crippen LogP contribution in [-0.2, 0) is 0 Å². The summed E-state index contributed by atoms with van der Waals surface area (Å²) in [6, 6.07) is 7.14. The Kier molecular flexibility index (Phi) is 4.51. The summed E-state index contributed by atoms with van der Waals surface area (Å²) in [5.74, 6) is 1.24. The van der Waals surface area contributed by atoms with Crippen molar-refractivity contribution in [2.45, 2.75) is 20.3 Å². The Morgan fingerprint density at radius 3 is 2.33 bits per heavy atom. The highest BCUT2D eigenvalue weighted by molar-refractivity contribution is 5.96. The molecule has 2 aliphatic rings. The second-order valence-electron chi connectivity index (χ2n) is 7.00. The van der Waals surface area contributed by atoms with Crippen molar-refractivity contribution in [1.82, 2.24) is 14.8 Å². The van der Waals surface area contributed by atoms with E-state index in [0.29, 0.717) is 48.8 Å². The topological polar surface area (TPSA) is 74.9 Å². The van der Waals surface area contributed by atoms with Crippen molar-refractivity contribution in [3.8, 4) is 11.5 Å². The molecule has 2 aliphatic heterocycles. The second kappa shape index (κ2) is 6.98. The molecular weight excluding hydrogens is 346 g/mol. The largest absolute Gasteiger partial charge is 0.454 e. The number of hydrogen-bond donors (Lipinski definition) is 1. The highest BCUT2D eigenvalue weighted by Crippen LogP contribution is 2.32. The van der Waals surface area contributed by atoms with E-state index in [1.54, 1.807) is 23.1 Å². The van der Waals surface area contributed by atoms with E-state index in [0.717, 1.165) is 17.8 Å². The van der Waals surface area contributed by atoms with Gasteiger partial charge >= 0.3 is 0 Å². The van der Waals surface area contributed by atoms with E-state index in [9.17, 15) is 9.59 Å². The van der Waals surface area contributed by atoms with Crippen LogP contribution in [0.5, 0.6) is 11.5 Å². The van der Waals surface area contributed by atoms with Crippen LogP contribution in [0, 0.1) is 13.8 Å². The van der Waals surface area contributed by atoms with E-state index in [1.165, 1.54) is 0 Å². The number of H-pyrrole nitrogens is 1. The van der Waals surface area contributed by atoms with Gasteiger partial charge in [0.15, 0.2) is 11.5 Å². The number of amides is 2. The second-order valence-corrected chi connectivity index (χ2v) is 7.00. The molecule has 1 aromatic heterocycles. The first kappa shape index (κ1) is 17.5. The lowest BCUT2D eigenvalue weighted by atomic mass is 10.1. The maximum Gasteiger partial charge on any atom is 0.255 e. The highest BCUT2D eigenvalue weighted by Gasteiger charge is 2.26. The molecule has 2 aromatic rings. The fourth-order valence-corrected chi connectivity index (χ4v) is 3.65. The SMILES string of the molecule is Cc1cc(C(=O)N2CCCN(C(=O)c3ccc4c(c3)OCO4)CC2)c(C)[nH]1. The van der Waals surface area contributed by atoms with Crippen LogP contribution in [-0.4, -0.2) is 59.6 Å². The van der Waals surface area contributed by atoms with Gasteiger partial charge in [0.25, 0.3) is 11.8 Å².